The molecular formula is C13H17N6O5+. The number of ether oxygens (including phenoxy) is 4. The molecule has 0 spiro atoms. The van der Waals surface area contributed by atoms with Crippen LogP contribution in [0.3, 0.4) is 0 Å². The van der Waals surface area contributed by atoms with Gasteiger partial charge in [-0.3, -0.25) is 4.57 Å². The van der Waals surface area contributed by atoms with Crippen molar-refractivity contribution in [1.29, 1.82) is 5.39 Å². The average Bonchev–Trinajstić information content (AvgIpc) is 3.15. The van der Waals surface area contributed by atoms with Crippen LogP contribution in [0.2, 0.25) is 0 Å². The summed E-state index contributed by atoms with van der Waals surface area (Å²) in [5.41, 5.74) is -0.202. The Bertz CT molecular complexity index is 826. The number of methoxy groups -OCH3 is 3. The molecule has 1 unspecified atom stereocenters. The van der Waals surface area contributed by atoms with Gasteiger partial charge in [-0.2, -0.15) is 4.98 Å². The molecule has 0 amide bonds. The number of diazo groups is 1. The fourth-order valence-corrected chi connectivity index (χ4v) is 2.91. The van der Waals surface area contributed by atoms with Crippen LogP contribution in [0.4, 0.5) is 5.95 Å². The number of H-pyrrole nitrogens is 1. The van der Waals surface area contributed by atoms with Gasteiger partial charge in [-0.15, -0.1) is 0 Å². The van der Waals surface area contributed by atoms with Gasteiger partial charge in [0.25, 0.3) is 5.65 Å². The molecule has 1 saturated heterocycles. The molecule has 24 heavy (non-hydrogen) atoms. The zero-order valence-corrected chi connectivity index (χ0v) is 13.4. The van der Waals surface area contributed by atoms with Gasteiger partial charge in [0.15, 0.2) is 6.23 Å². The van der Waals surface area contributed by atoms with E-state index in [4.69, 9.17) is 24.3 Å². The van der Waals surface area contributed by atoms with Crippen molar-refractivity contribution in [2.24, 2.45) is 0 Å². The Kier molecular flexibility index (Phi) is 4.54. The summed E-state index contributed by atoms with van der Waals surface area (Å²) in [6.07, 6.45) is -0.418. The number of hydrogen-bond acceptors (Lipinski definition) is 8. The van der Waals surface area contributed by atoms with E-state index in [1.165, 1.54) is 13.4 Å². The maximum Gasteiger partial charge on any atom is 0.530 e. The average molecular weight is 337 g/mol. The molecule has 128 valence electrons. The molecule has 11 heteroatoms. The van der Waals surface area contributed by atoms with Crippen LogP contribution in [0.1, 0.15) is 6.23 Å². The number of hydrogen-bond donors (Lipinski definition) is 1. The Morgan fingerprint density at radius 1 is 1.38 bits per heavy atom. The number of imidazole rings is 1. The molecule has 1 aliphatic rings. The molecule has 11 nitrogen and oxygen atoms in total. The highest BCUT2D eigenvalue weighted by atomic mass is 16.6. The van der Waals surface area contributed by atoms with Crippen LogP contribution in [0.25, 0.3) is 16.1 Å². The zero-order chi connectivity index (χ0) is 17.3. The topological polar surface area (TPSA) is 129 Å². The number of aromatic amines is 1. The summed E-state index contributed by atoms with van der Waals surface area (Å²) in [7, 11) is 4.66. The highest BCUT2D eigenvalue weighted by Gasteiger charge is 2.47. The first kappa shape index (κ1) is 16.5. The van der Waals surface area contributed by atoms with E-state index in [0.717, 1.165) is 0 Å². The standard InChI is InChI=1S/C13H16N6O5/c1-21-4-6-8(22-2)9(23-3)12(24-6)19-5-15-7-10(19)16-13(18-14)17-11(7)20/h5-6,8-9,12H,4H2,1-3H3/p+1/t6-,8-,9-,12?/m1/s1. The molecule has 3 heterocycles. The summed E-state index contributed by atoms with van der Waals surface area (Å²) in [6.45, 7) is 0.312. The second-order valence-corrected chi connectivity index (χ2v) is 5.23. The molecule has 0 bridgehead atoms. The van der Waals surface area contributed by atoms with Crippen molar-refractivity contribution in [3.05, 3.63) is 21.7 Å². The Balaban J connectivity index is 2.08. The van der Waals surface area contributed by atoms with E-state index in [0.29, 0.717) is 6.61 Å². The van der Waals surface area contributed by atoms with Gasteiger partial charge in [0.1, 0.15) is 24.6 Å². The van der Waals surface area contributed by atoms with Crippen molar-refractivity contribution >= 4 is 17.1 Å². The van der Waals surface area contributed by atoms with E-state index >= 15 is 0 Å². The second kappa shape index (κ2) is 6.62. The number of fused-ring (bicyclic) bond motifs is 1. The first-order chi connectivity index (χ1) is 11.6. The smallest absolute Gasteiger partial charge is 0.382 e. The summed E-state index contributed by atoms with van der Waals surface area (Å²) in [6, 6.07) is 0. The minimum Gasteiger partial charge on any atom is -0.382 e. The van der Waals surface area contributed by atoms with Crippen molar-refractivity contribution in [2.45, 2.75) is 24.5 Å². The lowest BCUT2D eigenvalue weighted by atomic mass is 10.1. The molecule has 2 aromatic heterocycles. The Hall–Kier alpha value is -2.39. The molecule has 0 saturated carbocycles. The molecule has 0 aliphatic carbocycles. The number of nitrogens with zero attached hydrogens (tertiary/aromatic N) is 5. The van der Waals surface area contributed by atoms with Gasteiger partial charge < -0.3 is 18.9 Å². The van der Waals surface area contributed by atoms with Crippen molar-refractivity contribution < 1.29 is 18.9 Å². The summed E-state index contributed by atoms with van der Waals surface area (Å²) in [5.74, 6) is -0.224. The molecule has 0 radical (unpaired) electrons. The van der Waals surface area contributed by atoms with Gasteiger partial charge in [-0.05, 0) is 9.96 Å². The van der Waals surface area contributed by atoms with Gasteiger partial charge in [0.05, 0.1) is 12.0 Å². The van der Waals surface area contributed by atoms with Crippen molar-refractivity contribution in [3.63, 3.8) is 0 Å². The number of aromatic nitrogens is 4. The van der Waals surface area contributed by atoms with Crippen LogP contribution < -0.4 is 5.56 Å². The maximum atomic E-state index is 12.0. The fourth-order valence-electron chi connectivity index (χ4n) is 2.91. The number of nitrogens with one attached hydrogen (secondary N) is 1. The molecule has 0 aromatic carbocycles. The molecular weight excluding hydrogens is 320 g/mol. The van der Waals surface area contributed by atoms with Crippen molar-refractivity contribution in [3.8, 4) is 0 Å². The maximum absolute atomic E-state index is 12.0. The highest BCUT2D eigenvalue weighted by molar-refractivity contribution is 5.71. The minimum atomic E-state index is -0.633. The van der Waals surface area contributed by atoms with Crippen LogP contribution in [-0.4, -0.2) is 65.8 Å². The fraction of sp³-hybridized carbons (Fsp3) is 0.615. The third-order valence-electron chi connectivity index (χ3n) is 3.95. The quantitative estimate of drug-likeness (QED) is 0.765. The van der Waals surface area contributed by atoms with E-state index in [2.05, 4.69) is 19.9 Å². The molecule has 1 fully saturated rings. The van der Waals surface area contributed by atoms with Gasteiger partial charge in [0, 0.05) is 21.3 Å². The van der Waals surface area contributed by atoms with Crippen LogP contribution in [0, 0.1) is 5.39 Å². The minimum absolute atomic E-state index is 0.102. The zero-order valence-electron chi connectivity index (χ0n) is 13.4. The summed E-state index contributed by atoms with van der Waals surface area (Å²) in [5, 5.41) is 8.88. The van der Waals surface area contributed by atoms with E-state index in [-0.39, 0.29) is 29.3 Å². The third-order valence-corrected chi connectivity index (χ3v) is 3.95. The van der Waals surface area contributed by atoms with E-state index in [1.807, 2.05) is 0 Å². The first-order valence-electron chi connectivity index (χ1n) is 7.16. The lowest BCUT2D eigenvalue weighted by Gasteiger charge is -2.21. The van der Waals surface area contributed by atoms with Gasteiger partial charge >= 0.3 is 11.5 Å². The highest BCUT2D eigenvalue weighted by Crippen LogP contribution is 2.34. The molecule has 4 atom stereocenters. The summed E-state index contributed by atoms with van der Waals surface area (Å²) < 4.78 is 23.7. The Morgan fingerprint density at radius 3 is 2.75 bits per heavy atom. The molecule has 1 aliphatic heterocycles. The van der Waals surface area contributed by atoms with Gasteiger partial charge in [-0.25, -0.2) is 9.78 Å². The normalized spacial score (nSPS) is 26.8. The summed E-state index contributed by atoms with van der Waals surface area (Å²) >= 11 is 0. The molecule has 2 aromatic rings. The van der Waals surface area contributed by atoms with Crippen molar-refractivity contribution in [2.75, 3.05) is 27.9 Å². The van der Waals surface area contributed by atoms with Crippen LogP contribution in [0.15, 0.2) is 11.1 Å². The SMILES string of the molecule is COC[C@H]1OC(n2cnc3c(=O)[nH]c([N+]#N)nc32)[C@H](OC)[C@@H]1OC. The van der Waals surface area contributed by atoms with Gasteiger partial charge in [-0.1, -0.05) is 0 Å². The van der Waals surface area contributed by atoms with Crippen LogP contribution in [-0.2, 0) is 18.9 Å². The largest absolute Gasteiger partial charge is 0.530 e. The van der Waals surface area contributed by atoms with Crippen molar-refractivity contribution in [1.82, 2.24) is 19.5 Å². The third kappa shape index (κ3) is 2.55. The monoisotopic (exact) mass is 337 g/mol. The predicted octanol–water partition coefficient (Wildman–Crippen LogP) is 0.178. The van der Waals surface area contributed by atoms with Gasteiger partial charge in [0.2, 0.25) is 5.52 Å². The van der Waals surface area contributed by atoms with E-state index in [9.17, 15) is 4.79 Å². The summed E-state index contributed by atoms with van der Waals surface area (Å²) in [4.78, 5) is 25.3. The van der Waals surface area contributed by atoms with Crippen LogP contribution >= 0.6 is 0 Å². The lowest BCUT2D eigenvalue weighted by molar-refractivity contribution is -0.0636. The first-order valence-corrected chi connectivity index (χ1v) is 7.16. The predicted molar refractivity (Wildman–Crippen MR) is 80.3 cm³/mol. The Labute approximate surface area is 136 Å². The molecule has 3 rings (SSSR count). The second-order valence-electron chi connectivity index (χ2n) is 5.23. The lowest BCUT2D eigenvalue weighted by Crippen LogP contribution is -2.36. The van der Waals surface area contributed by atoms with E-state index in [1.54, 1.807) is 18.8 Å². The van der Waals surface area contributed by atoms with Crippen LogP contribution in [0.5, 0.6) is 0 Å². The number of rotatable bonds is 5. The van der Waals surface area contributed by atoms with E-state index < -0.39 is 17.9 Å². The molecule has 1 N–H and O–H groups in total. The Morgan fingerprint density at radius 2 is 2.12 bits per heavy atom.